The quantitative estimate of drug-likeness (QED) is 0.399. The van der Waals surface area contributed by atoms with Gasteiger partial charge in [-0.05, 0) is 31.4 Å². The first-order valence-electron chi connectivity index (χ1n) is 10.3. The molecule has 7 nitrogen and oxygen atoms in total. The summed E-state index contributed by atoms with van der Waals surface area (Å²) >= 11 is 3.14. The normalized spacial score (nSPS) is 13.8. The Morgan fingerprint density at radius 3 is 2.10 bits per heavy atom. The van der Waals surface area contributed by atoms with E-state index in [-0.39, 0.29) is 22.9 Å². The van der Waals surface area contributed by atoms with E-state index in [2.05, 4.69) is 31.9 Å². The highest BCUT2D eigenvalue weighted by Crippen LogP contribution is 2.07. The first-order valence-corrected chi connectivity index (χ1v) is 11.4. The Hall–Kier alpha value is -2.22. The third kappa shape index (κ3) is 8.26. The van der Waals surface area contributed by atoms with Gasteiger partial charge in [-0.2, -0.15) is 0 Å². The van der Waals surface area contributed by atoms with Crippen molar-refractivity contribution in [2.24, 2.45) is 5.92 Å². The number of hydrogen-bond acceptors (Lipinski definition) is 4. The summed E-state index contributed by atoms with van der Waals surface area (Å²) in [6.45, 7) is 7.20. The molecule has 3 amide bonds. The molecule has 3 N–H and O–H groups in total. The van der Waals surface area contributed by atoms with Crippen LogP contribution in [-0.2, 0) is 14.4 Å². The number of Topliss-reactive ketones (excluding diaryl/α,β-unsaturated/α-hetero) is 1. The lowest BCUT2D eigenvalue weighted by Crippen LogP contribution is -2.56. The average Bonchev–Trinajstić information content (AvgIpc) is 2.74. The van der Waals surface area contributed by atoms with Crippen LogP contribution in [0.4, 0.5) is 0 Å². The van der Waals surface area contributed by atoms with Crippen molar-refractivity contribution in [2.75, 3.05) is 5.33 Å². The lowest BCUT2D eigenvalue weighted by molar-refractivity contribution is -0.131. The highest BCUT2D eigenvalue weighted by Gasteiger charge is 2.28. The molecule has 0 heterocycles. The van der Waals surface area contributed by atoms with Crippen molar-refractivity contribution in [1.29, 1.82) is 0 Å². The molecule has 0 spiro atoms. The molecule has 0 radical (unpaired) electrons. The highest BCUT2D eigenvalue weighted by molar-refractivity contribution is 9.09. The van der Waals surface area contributed by atoms with Crippen LogP contribution in [0.2, 0.25) is 0 Å². The van der Waals surface area contributed by atoms with E-state index in [0.717, 1.165) is 12.8 Å². The van der Waals surface area contributed by atoms with Gasteiger partial charge in [0.2, 0.25) is 11.8 Å². The maximum Gasteiger partial charge on any atom is 0.251 e. The summed E-state index contributed by atoms with van der Waals surface area (Å²) in [4.78, 5) is 49.7. The predicted octanol–water partition coefficient (Wildman–Crippen LogP) is 2.58. The molecule has 0 fully saturated rings. The number of ketones is 1. The topological polar surface area (TPSA) is 104 Å². The van der Waals surface area contributed by atoms with Crippen LogP contribution in [-0.4, -0.2) is 47.0 Å². The summed E-state index contributed by atoms with van der Waals surface area (Å²) in [5.41, 5.74) is 0.453. The fourth-order valence-corrected chi connectivity index (χ4v) is 3.22. The zero-order valence-corrected chi connectivity index (χ0v) is 19.6. The molecule has 1 rings (SSSR count). The number of carbonyl (C=O) groups excluding carboxylic acids is 4. The molecular weight excluding hydrogens is 450 g/mol. The number of rotatable bonds is 12. The van der Waals surface area contributed by atoms with Gasteiger partial charge in [-0.15, -0.1) is 0 Å². The molecular formula is C22H32BrN3O4. The van der Waals surface area contributed by atoms with Crippen molar-refractivity contribution in [3.05, 3.63) is 35.9 Å². The maximum absolute atomic E-state index is 12.7. The number of nitrogens with one attached hydrogen (secondary N) is 3. The van der Waals surface area contributed by atoms with Crippen molar-refractivity contribution in [1.82, 2.24) is 16.0 Å². The Bertz CT molecular complexity index is 724. The number of unbranched alkanes of at least 4 members (excludes halogenated alkanes) is 1. The number of hydrogen-bond donors (Lipinski definition) is 3. The summed E-state index contributed by atoms with van der Waals surface area (Å²) in [6, 6.07) is 6.39. The fraction of sp³-hybridized carbons (Fsp3) is 0.545. The van der Waals surface area contributed by atoms with Crippen LogP contribution < -0.4 is 16.0 Å². The molecule has 0 saturated carbocycles. The summed E-state index contributed by atoms with van der Waals surface area (Å²) in [5.74, 6) is -1.53. The second-order valence-electron chi connectivity index (χ2n) is 7.59. The van der Waals surface area contributed by atoms with Gasteiger partial charge in [0.05, 0.1) is 11.4 Å². The van der Waals surface area contributed by atoms with E-state index in [1.807, 2.05) is 20.8 Å². The van der Waals surface area contributed by atoms with Crippen LogP contribution in [0.25, 0.3) is 0 Å². The SMILES string of the molecule is CCCC[C@H](NC(=O)[C@H](C)NC(=O)[C@@H](NC(=O)c1ccccc1)C(C)C)C(=O)CBr. The number of benzene rings is 1. The molecule has 0 aromatic heterocycles. The van der Waals surface area contributed by atoms with E-state index < -0.39 is 29.9 Å². The van der Waals surface area contributed by atoms with E-state index in [1.54, 1.807) is 37.3 Å². The zero-order chi connectivity index (χ0) is 22.7. The summed E-state index contributed by atoms with van der Waals surface area (Å²) in [5, 5.41) is 8.26. The number of alkyl halides is 1. The van der Waals surface area contributed by atoms with Gasteiger partial charge in [0.25, 0.3) is 5.91 Å². The molecule has 166 valence electrons. The van der Waals surface area contributed by atoms with Crippen molar-refractivity contribution in [3.8, 4) is 0 Å². The lowest BCUT2D eigenvalue weighted by atomic mass is 10.0. The van der Waals surface area contributed by atoms with E-state index >= 15 is 0 Å². The third-order valence-corrected chi connectivity index (χ3v) is 5.26. The van der Waals surface area contributed by atoms with Crippen molar-refractivity contribution in [3.63, 3.8) is 0 Å². The van der Waals surface area contributed by atoms with Crippen LogP contribution in [0.3, 0.4) is 0 Å². The summed E-state index contributed by atoms with van der Waals surface area (Å²) < 4.78 is 0. The van der Waals surface area contributed by atoms with Gasteiger partial charge in [0.1, 0.15) is 12.1 Å². The number of halogens is 1. The number of amides is 3. The molecule has 1 aromatic rings. The Morgan fingerprint density at radius 1 is 0.933 bits per heavy atom. The van der Waals surface area contributed by atoms with E-state index in [4.69, 9.17) is 0 Å². The molecule has 1 aromatic carbocycles. The van der Waals surface area contributed by atoms with Gasteiger partial charge in [0.15, 0.2) is 5.78 Å². The van der Waals surface area contributed by atoms with E-state index in [9.17, 15) is 19.2 Å². The smallest absolute Gasteiger partial charge is 0.251 e. The summed E-state index contributed by atoms with van der Waals surface area (Å²) in [6.07, 6.45) is 2.27. The molecule has 0 saturated heterocycles. The Balaban J connectivity index is 2.74. The molecule has 8 heteroatoms. The number of carbonyl (C=O) groups is 4. The first kappa shape index (κ1) is 25.8. The lowest BCUT2D eigenvalue weighted by Gasteiger charge is -2.25. The van der Waals surface area contributed by atoms with E-state index in [0.29, 0.717) is 12.0 Å². The molecule has 0 aliphatic carbocycles. The van der Waals surface area contributed by atoms with Crippen LogP contribution in [0, 0.1) is 5.92 Å². The standard InChI is InChI=1S/C22H32BrN3O4/c1-5-6-12-17(18(27)13-23)25-20(28)15(4)24-22(30)19(14(2)3)26-21(29)16-10-8-7-9-11-16/h7-11,14-15,17,19H,5-6,12-13H2,1-4H3,(H,24,30)(H,25,28)(H,26,29)/t15-,17-,19-/m0/s1. The van der Waals surface area contributed by atoms with Crippen LogP contribution in [0.1, 0.15) is 57.3 Å². The molecule has 0 bridgehead atoms. The first-order chi connectivity index (χ1) is 14.2. The Labute approximate surface area is 186 Å². The van der Waals surface area contributed by atoms with Crippen molar-refractivity contribution < 1.29 is 19.2 Å². The van der Waals surface area contributed by atoms with E-state index in [1.165, 1.54) is 0 Å². The van der Waals surface area contributed by atoms with Crippen LogP contribution >= 0.6 is 15.9 Å². The Morgan fingerprint density at radius 2 is 1.57 bits per heavy atom. The van der Waals surface area contributed by atoms with Crippen molar-refractivity contribution in [2.45, 2.75) is 65.1 Å². The predicted molar refractivity (Wildman–Crippen MR) is 120 cm³/mol. The van der Waals surface area contributed by atoms with Gasteiger partial charge < -0.3 is 16.0 Å². The highest BCUT2D eigenvalue weighted by atomic mass is 79.9. The van der Waals surface area contributed by atoms with Gasteiger partial charge in [-0.1, -0.05) is 67.7 Å². The second kappa shape index (κ2) is 13.2. The van der Waals surface area contributed by atoms with Crippen LogP contribution in [0.15, 0.2) is 30.3 Å². The van der Waals surface area contributed by atoms with Gasteiger partial charge in [-0.3, -0.25) is 19.2 Å². The average molecular weight is 482 g/mol. The fourth-order valence-electron chi connectivity index (χ4n) is 2.83. The van der Waals surface area contributed by atoms with Gasteiger partial charge in [-0.25, -0.2) is 0 Å². The minimum absolute atomic E-state index is 0.106. The van der Waals surface area contributed by atoms with Gasteiger partial charge >= 0.3 is 0 Å². The second-order valence-corrected chi connectivity index (χ2v) is 8.16. The van der Waals surface area contributed by atoms with Crippen LogP contribution in [0.5, 0.6) is 0 Å². The maximum atomic E-state index is 12.7. The Kier molecular flexibility index (Phi) is 11.3. The van der Waals surface area contributed by atoms with Gasteiger partial charge in [0, 0.05) is 5.56 Å². The molecule has 0 aliphatic heterocycles. The minimum atomic E-state index is -0.848. The monoisotopic (exact) mass is 481 g/mol. The minimum Gasteiger partial charge on any atom is -0.344 e. The molecule has 3 atom stereocenters. The largest absolute Gasteiger partial charge is 0.344 e. The molecule has 30 heavy (non-hydrogen) atoms. The summed E-state index contributed by atoms with van der Waals surface area (Å²) in [7, 11) is 0. The third-order valence-electron chi connectivity index (χ3n) is 4.71. The molecule has 0 aliphatic rings. The zero-order valence-electron chi connectivity index (χ0n) is 18.0. The van der Waals surface area contributed by atoms with Crippen molar-refractivity contribution >= 4 is 39.4 Å². The molecule has 0 unspecified atom stereocenters.